The number of piperidine rings is 1. The van der Waals surface area contributed by atoms with Crippen molar-refractivity contribution in [2.75, 3.05) is 31.6 Å². The molecule has 2 heterocycles. The fraction of sp³-hybridized carbons (Fsp3) is 0.440. The number of carbonyl (C=O) groups is 2. The average molecular weight is 561 g/mol. The van der Waals surface area contributed by atoms with Crippen molar-refractivity contribution in [1.82, 2.24) is 4.90 Å². The van der Waals surface area contributed by atoms with Crippen LogP contribution in [0.15, 0.2) is 36.4 Å². The van der Waals surface area contributed by atoms with Crippen LogP contribution in [-0.4, -0.2) is 70.6 Å². The number of likely N-dealkylation sites (tertiary alicyclic amines) is 1. The molecule has 0 bridgehead atoms. The molecule has 0 radical (unpaired) electrons. The summed E-state index contributed by atoms with van der Waals surface area (Å²) in [5, 5.41) is 30.7. The Morgan fingerprint density at radius 2 is 1.87 bits per heavy atom. The van der Waals surface area contributed by atoms with Gasteiger partial charge < -0.3 is 35.0 Å². The highest BCUT2D eigenvalue weighted by atomic mass is 35.5. The third-order valence-electron chi connectivity index (χ3n) is 6.14. The van der Waals surface area contributed by atoms with Crippen LogP contribution in [0.5, 0.6) is 11.5 Å². The number of nitrogens with one attached hydrogen (secondary N) is 1. The summed E-state index contributed by atoms with van der Waals surface area (Å²) in [5.74, 6) is -2.65. The molecule has 1 amide bonds. The number of benzene rings is 2. The Kier molecular flexibility index (Phi) is 9.47. The fourth-order valence-electron chi connectivity index (χ4n) is 4.39. The Bertz CT molecular complexity index is 1150. The summed E-state index contributed by atoms with van der Waals surface area (Å²) in [5.41, 5.74) is 2.59. The van der Waals surface area contributed by atoms with E-state index in [0.717, 1.165) is 36.5 Å². The van der Waals surface area contributed by atoms with Crippen LogP contribution in [0.4, 0.5) is 18.9 Å². The summed E-state index contributed by atoms with van der Waals surface area (Å²) in [6, 6.07) is 10.4. The number of carboxylic acid groups (broad SMARTS) is 1. The minimum atomic E-state index is -5.08. The van der Waals surface area contributed by atoms with Crippen LogP contribution in [0.1, 0.15) is 30.9 Å². The second-order valence-electron chi connectivity index (χ2n) is 9.01. The number of phenols is 1. The number of ether oxygens (including phenoxy) is 2. The first-order valence-electron chi connectivity index (χ1n) is 11.7. The quantitative estimate of drug-likeness (QED) is 0.392. The van der Waals surface area contributed by atoms with E-state index in [0.29, 0.717) is 24.6 Å². The van der Waals surface area contributed by atoms with Gasteiger partial charge in [-0.05, 0) is 48.2 Å². The van der Waals surface area contributed by atoms with Gasteiger partial charge in [-0.25, -0.2) is 4.79 Å². The van der Waals surface area contributed by atoms with Crippen molar-refractivity contribution in [3.05, 3.63) is 52.5 Å². The maximum Gasteiger partial charge on any atom is 0.490 e. The summed E-state index contributed by atoms with van der Waals surface area (Å²) in [7, 11) is 0. The molecule has 208 valence electrons. The lowest BCUT2D eigenvalue weighted by Gasteiger charge is -2.39. The van der Waals surface area contributed by atoms with Crippen LogP contribution in [0, 0.1) is 0 Å². The highest BCUT2D eigenvalue weighted by Gasteiger charge is 2.42. The van der Waals surface area contributed by atoms with E-state index in [2.05, 4.69) is 16.3 Å². The van der Waals surface area contributed by atoms with E-state index in [4.69, 9.17) is 31.0 Å². The number of halogens is 4. The van der Waals surface area contributed by atoms with Crippen molar-refractivity contribution in [3.8, 4) is 11.5 Å². The highest BCUT2D eigenvalue weighted by molar-refractivity contribution is 6.30. The maximum atomic E-state index is 11.3. The Balaban J connectivity index is 0.000000505. The normalized spacial score (nSPS) is 17.2. The van der Waals surface area contributed by atoms with Gasteiger partial charge in [0, 0.05) is 37.6 Å². The Labute approximate surface area is 221 Å². The lowest BCUT2D eigenvalue weighted by molar-refractivity contribution is -0.192. The standard InChI is InChI=1S/C23H27ClN2O5.C2HF3O2/c1-15(27)25-21-5-3-18(28)11-22(21)30-14-19(29)12-26-8-6-23(7-9-26)20-4-2-17(24)10-16(20)13-31-23;3-2(4,5)1(6)7/h2-5,10-11,19,28-29H,6-9,12-14H2,1H3,(H,25,27);(H,6,7)/t19-;/m0./s1. The number of anilines is 1. The molecule has 2 aliphatic heterocycles. The number of hydrogen-bond donors (Lipinski definition) is 4. The molecule has 0 aromatic heterocycles. The number of alkyl halides is 3. The van der Waals surface area contributed by atoms with E-state index in [1.807, 2.05) is 12.1 Å². The van der Waals surface area contributed by atoms with Crippen molar-refractivity contribution in [2.45, 2.75) is 44.3 Å². The zero-order valence-electron chi connectivity index (χ0n) is 20.4. The number of amides is 1. The number of nitrogens with zero attached hydrogens (tertiary/aromatic N) is 1. The fourth-order valence-corrected chi connectivity index (χ4v) is 4.59. The van der Waals surface area contributed by atoms with Crippen LogP contribution in [0.25, 0.3) is 0 Å². The summed E-state index contributed by atoms with van der Waals surface area (Å²) < 4.78 is 43.6. The number of carbonyl (C=O) groups excluding carboxylic acids is 1. The number of hydrogen-bond acceptors (Lipinski definition) is 7. The Morgan fingerprint density at radius 1 is 1.21 bits per heavy atom. The molecule has 4 rings (SSSR count). The molecule has 1 fully saturated rings. The van der Waals surface area contributed by atoms with E-state index in [1.165, 1.54) is 24.6 Å². The average Bonchev–Trinajstić information content (AvgIpc) is 3.17. The van der Waals surface area contributed by atoms with Crippen LogP contribution in [0.2, 0.25) is 5.02 Å². The van der Waals surface area contributed by atoms with Crippen LogP contribution >= 0.6 is 11.6 Å². The second-order valence-corrected chi connectivity index (χ2v) is 9.45. The van der Waals surface area contributed by atoms with Gasteiger partial charge in [0.2, 0.25) is 5.91 Å². The number of β-amino-alcohol motifs (C(OH)–C–C–N with tert-alkyl or cyclic N) is 1. The monoisotopic (exact) mass is 560 g/mol. The first-order valence-corrected chi connectivity index (χ1v) is 12.0. The van der Waals surface area contributed by atoms with E-state index in [-0.39, 0.29) is 23.9 Å². The number of aliphatic hydroxyl groups excluding tert-OH is 1. The number of phenolic OH excluding ortho intramolecular Hbond substituents is 1. The van der Waals surface area contributed by atoms with Gasteiger partial charge in [0.25, 0.3) is 0 Å². The zero-order valence-corrected chi connectivity index (χ0v) is 21.2. The van der Waals surface area contributed by atoms with Crippen molar-refractivity contribution in [2.24, 2.45) is 0 Å². The second kappa shape index (κ2) is 12.2. The van der Waals surface area contributed by atoms with Gasteiger partial charge in [-0.15, -0.1) is 0 Å². The van der Waals surface area contributed by atoms with Gasteiger partial charge in [0.15, 0.2) is 0 Å². The number of rotatable bonds is 6. The molecule has 2 aromatic carbocycles. The largest absolute Gasteiger partial charge is 0.508 e. The van der Waals surface area contributed by atoms with Gasteiger partial charge in [0.05, 0.1) is 17.9 Å². The minimum absolute atomic E-state index is 0.0260. The molecule has 2 aromatic rings. The number of carboxylic acids is 1. The highest BCUT2D eigenvalue weighted by Crippen LogP contribution is 2.44. The third-order valence-corrected chi connectivity index (χ3v) is 6.38. The van der Waals surface area contributed by atoms with E-state index < -0.39 is 18.2 Å². The molecule has 4 N–H and O–H groups in total. The molecular weight excluding hydrogens is 533 g/mol. The minimum Gasteiger partial charge on any atom is -0.508 e. The molecule has 2 aliphatic rings. The van der Waals surface area contributed by atoms with Crippen molar-refractivity contribution < 1.29 is 47.6 Å². The zero-order chi connectivity index (χ0) is 28.1. The van der Waals surface area contributed by atoms with Gasteiger partial charge in [0.1, 0.15) is 24.2 Å². The van der Waals surface area contributed by atoms with Gasteiger partial charge >= 0.3 is 12.1 Å². The maximum absolute atomic E-state index is 11.3. The number of aromatic hydroxyl groups is 1. The number of aliphatic carboxylic acids is 1. The molecule has 1 saturated heterocycles. The number of aliphatic hydroxyl groups is 1. The topological polar surface area (TPSA) is 129 Å². The SMILES string of the molecule is CC(=O)Nc1ccc(O)cc1OC[C@@H](O)CN1CCC2(CC1)OCc1cc(Cl)ccc12.O=C(O)C(F)(F)F. The molecular formula is C25H28ClF3N2O7. The predicted molar refractivity (Wildman–Crippen MR) is 131 cm³/mol. The molecule has 38 heavy (non-hydrogen) atoms. The van der Waals surface area contributed by atoms with Crippen LogP contribution in [0.3, 0.4) is 0 Å². The molecule has 0 saturated carbocycles. The molecule has 0 unspecified atom stereocenters. The lowest BCUT2D eigenvalue weighted by Crippen LogP contribution is -2.46. The molecule has 1 spiro atoms. The molecule has 1 atom stereocenters. The van der Waals surface area contributed by atoms with Gasteiger partial charge in [-0.1, -0.05) is 17.7 Å². The predicted octanol–water partition coefficient (Wildman–Crippen LogP) is 3.90. The van der Waals surface area contributed by atoms with Crippen molar-refractivity contribution in [3.63, 3.8) is 0 Å². The molecule has 0 aliphatic carbocycles. The van der Waals surface area contributed by atoms with Crippen molar-refractivity contribution >= 4 is 29.2 Å². The Hall–Kier alpha value is -3.06. The van der Waals surface area contributed by atoms with Gasteiger partial charge in [-0.3, -0.25) is 4.79 Å². The van der Waals surface area contributed by atoms with E-state index >= 15 is 0 Å². The van der Waals surface area contributed by atoms with Crippen molar-refractivity contribution in [1.29, 1.82) is 0 Å². The molecule has 13 heteroatoms. The molecule has 9 nitrogen and oxygen atoms in total. The smallest absolute Gasteiger partial charge is 0.490 e. The van der Waals surface area contributed by atoms with Crippen LogP contribution < -0.4 is 10.1 Å². The summed E-state index contributed by atoms with van der Waals surface area (Å²) in [6.45, 7) is 4.13. The first-order chi connectivity index (χ1) is 17.8. The third kappa shape index (κ3) is 7.73. The van der Waals surface area contributed by atoms with Crippen LogP contribution in [-0.2, 0) is 26.5 Å². The van der Waals surface area contributed by atoms with Gasteiger partial charge in [-0.2, -0.15) is 13.2 Å². The lowest BCUT2D eigenvalue weighted by atomic mass is 9.84. The summed E-state index contributed by atoms with van der Waals surface area (Å²) in [4.78, 5) is 22.4. The summed E-state index contributed by atoms with van der Waals surface area (Å²) in [6.07, 6.45) is -4.08. The number of fused-ring (bicyclic) bond motifs is 2. The first kappa shape index (κ1) is 29.5. The van der Waals surface area contributed by atoms with E-state index in [1.54, 1.807) is 6.07 Å². The van der Waals surface area contributed by atoms with E-state index in [9.17, 15) is 28.2 Å². The Morgan fingerprint density at radius 3 is 2.47 bits per heavy atom. The summed E-state index contributed by atoms with van der Waals surface area (Å²) >= 11 is 6.11.